The van der Waals surface area contributed by atoms with Crippen molar-refractivity contribution in [1.82, 2.24) is 4.57 Å². The molecule has 3 aromatic rings. The standard InChI is InChI=1S/C18H17NO3/c20-18(21)12-7-8-15-14-5-1-2-6-16(14)19(17(15)10-12)13-4-3-9-22-11-13/h1-2,5-8,10,13H,3-4,9,11H2,(H,20,21). The van der Waals surface area contributed by atoms with Crippen LogP contribution in [0.1, 0.15) is 29.2 Å². The molecule has 1 unspecified atom stereocenters. The number of benzene rings is 2. The summed E-state index contributed by atoms with van der Waals surface area (Å²) in [6, 6.07) is 13.9. The first-order valence-corrected chi connectivity index (χ1v) is 7.59. The average Bonchev–Trinajstić information content (AvgIpc) is 2.89. The third-order valence-corrected chi connectivity index (χ3v) is 4.46. The summed E-state index contributed by atoms with van der Waals surface area (Å²) in [4.78, 5) is 11.3. The van der Waals surface area contributed by atoms with Gasteiger partial charge in [-0.25, -0.2) is 4.79 Å². The second kappa shape index (κ2) is 5.14. The van der Waals surface area contributed by atoms with Crippen molar-refractivity contribution in [2.45, 2.75) is 18.9 Å². The largest absolute Gasteiger partial charge is 0.478 e. The van der Waals surface area contributed by atoms with Crippen LogP contribution in [0.15, 0.2) is 42.5 Å². The second-order valence-corrected chi connectivity index (χ2v) is 5.80. The van der Waals surface area contributed by atoms with E-state index < -0.39 is 5.97 Å². The third kappa shape index (κ3) is 1.99. The molecular formula is C18H17NO3. The van der Waals surface area contributed by atoms with E-state index in [0.717, 1.165) is 35.9 Å². The van der Waals surface area contributed by atoms with E-state index in [9.17, 15) is 9.90 Å². The van der Waals surface area contributed by atoms with Crippen LogP contribution in [0.25, 0.3) is 21.8 Å². The van der Waals surface area contributed by atoms with E-state index in [4.69, 9.17) is 4.74 Å². The van der Waals surface area contributed by atoms with Crippen LogP contribution in [-0.2, 0) is 4.74 Å². The summed E-state index contributed by atoms with van der Waals surface area (Å²) in [6.07, 6.45) is 2.10. The van der Waals surface area contributed by atoms with E-state index in [-0.39, 0.29) is 6.04 Å². The number of hydrogen-bond acceptors (Lipinski definition) is 2. The summed E-state index contributed by atoms with van der Waals surface area (Å²) in [7, 11) is 0. The molecule has 1 aliphatic heterocycles. The van der Waals surface area contributed by atoms with Gasteiger partial charge in [-0.3, -0.25) is 0 Å². The number of rotatable bonds is 2. The van der Waals surface area contributed by atoms with Gasteiger partial charge in [-0.05, 0) is 31.0 Å². The van der Waals surface area contributed by atoms with Gasteiger partial charge >= 0.3 is 5.97 Å². The second-order valence-electron chi connectivity index (χ2n) is 5.80. The number of hydrogen-bond donors (Lipinski definition) is 1. The Balaban J connectivity index is 2.04. The molecule has 1 aliphatic rings. The Morgan fingerprint density at radius 1 is 1.14 bits per heavy atom. The van der Waals surface area contributed by atoms with Crippen molar-refractivity contribution in [3.05, 3.63) is 48.0 Å². The smallest absolute Gasteiger partial charge is 0.335 e. The van der Waals surface area contributed by atoms with Crippen molar-refractivity contribution in [3.63, 3.8) is 0 Å². The Labute approximate surface area is 127 Å². The van der Waals surface area contributed by atoms with Gasteiger partial charge in [-0.2, -0.15) is 0 Å². The minimum Gasteiger partial charge on any atom is -0.478 e. The highest BCUT2D eigenvalue weighted by molar-refractivity contribution is 6.09. The van der Waals surface area contributed by atoms with Crippen LogP contribution in [-0.4, -0.2) is 28.9 Å². The molecule has 1 saturated heterocycles. The molecule has 22 heavy (non-hydrogen) atoms. The lowest BCUT2D eigenvalue weighted by atomic mass is 10.1. The number of carboxylic acids is 1. The molecule has 1 N–H and O–H groups in total. The molecule has 0 aliphatic carbocycles. The van der Waals surface area contributed by atoms with Gasteiger partial charge in [0, 0.05) is 22.9 Å². The topological polar surface area (TPSA) is 51.5 Å². The summed E-state index contributed by atoms with van der Waals surface area (Å²) < 4.78 is 7.90. The molecule has 0 saturated carbocycles. The maximum Gasteiger partial charge on any atom is 0.335 e. The Morgan fingerprint density at radius 3 is 2.73 bits per heavy atom. The van der Waals surface area contributed by atoms with E-state index in [0.29, 0.717) is 12.2 Å². The first-order chi connectivity index (χ1) is 10.8. The molecule has 0 amide bonds. The predicted octanol–water partition coefficient (Wildman–Crippen LogP) is 3.84. The van der Waals surface area contributed by atoms with Crippen LogP contribution in [0.5, 0.6) is 0 Å². The van der Waals surface area contributed by atoms with Crippen LogP contribution >= 0.6 is 0 Å². The molecule has 1 aromatic heterocycles. The summed E-state index contributed by atoms with van der Waals surface area (Å²) in [5, 5.41) is 11.6. The molecule has 4 nitrogen and oxygen atoms in total. The number of ether oxygens (including phenoxy) is 1. The lowest BCUT2D eigenvalue weighted by Crippen LogP contribution is -2.21. The number of aromatic nitrogens is 1. The van der Waals surface area contributed by atoms with Gasteiger partial charge in [0.05, 0.1) is 23.7 Å². The highest BCUT2D eigenvalue weighted by Crippen LogP contribution is 2.34. The van der Waals surface area contributed by atoms with Crippen molar-refractivity contribution in [1.29, 1.82) is 0 Å². The van der Waals surface area contributed by atoms with Crippen molar-refractivity contribution < 1.29 is 14.6 Å². The SMILES string of the molecule is O=C(O)c1ccc2c3ccccc3n(C3CCCOC3)c2c1. The van der Waals surface area contributed by atoms with Gasteiger partial charge in [0.15, 0.2) is 0 Å². The summed E-state index contributed by atoms with van der Waals surface area (Å²) in [5.74, 6) is -0.890. The molecule has 0 bridgehead atoms. The fourth-order valence-electron chi connectivity index (χ4n) is 3.45. The molecule has 1 atom stereocenters. The molecule has 1 fully saturated rings. The normalized spacial score (nSPS) is 18.8. The van der Waals surface area contributed by atoms with E-state index in [1.807, 2.05) is 18.2 Å². The fourth-order valence-corrected chi connectivity index (χ4v) is 3.45. The zero-order valence-electron chi connectivity index (χ0n) is 12.2. The lowest BCUT2D eigenvalue weighted by Gasteiger charge is -2.25. The molecular weight excluding hydrogens is 278 g/mol. The number of fused-ring (bicyclic) bond motifs is 3. The maximum absolute atomic E-state index is 11.3. The van der Waals surface area contributed by atoms with Crippen molar-refractivity contribution in [3.8, 4) is 0 Å². The van der Waals surface area contributed by atoms with Gasteiger partial charge in [0.1, 0.15) is 0 Å². The lowest BCUT2D eigenvalue weighted by molar-refractivity contribution is 0.0619. The van der Waals surface area contributed by atoms with Crippen LogP contribution in [0, 0.1) is 0 Å². The number of carboxylic acid groups (broad SMARTS) is 1. The molecule has 2 heterocycles. The Hall–Kier alpha value is -2.33. The Kier molecular flexibility index (Phi) is 3.12. The van der Waals surface area contributed by atoms with Crippen molar-refractivity contribution >= 4 is 27.8 Å². The van der Waals surface area contributed by atoms with Crippen LogP contribution in [0.3, 0.4) is 0 Å². The Morgan fingerprint density at radius 2 is 1.95 bits per heavy atom. The van der Waals surface area contributed by atoms with Crippen molar-refractivity contribution in [2.75, 3.05) is 13.2 Å². The van der Waals surface area contributed by atoms with Gasteiger partial charge in [0.2, 0.25) is 0 Å². The van der Waals surface area contributed by atoms with E-state index in [2.05, 4.69) is 16.7 Å². The first kappa shape index (κ1) is 13.3. The van der Waals surface area contributed by atoms with E-state index in [1.54, 1.807) is 12.1 Å². The predicted molar refractivity (Wildman–Crippen MR) is 85.5 cm³/mol. The summed E-state index contributed by atoms with van der Waals surface area (Å²) >= 11 is 0. The highest BCUT2D eigenvalue weighted by Gasteiger charge is 2.21. The molecule has 112 valence electrons. The van der Waals surface area contributed by atoms with Crippen molar-refractivity contribution in [2.24, 2.45) is 0 Å². The minimum absolute atomic E-state index is 0.264. The monoisotopic (exact) mass is 295 g/mol. The van der Waals surface area contributed by atoms with E-state index >= 15 is 0 Å². The van der Waals surface area contributed by atoms with E-state index in [1.165, 1.54) is 5.39 Å². The zero-order chi connectivity index (χ0) is 15.1. The van der Waals surface area contributed by atoms with Crippen LogP contribution in [0.4, 0.5) is 0 Å². The van der Waals surface area contributed by atoms with Gasteiger partial charge in [-0.1, -0.05) is 24.3 Å². The van der Waals surface area contributed by atoms with Crippen LogP contribution in [0.2, 0.25) is 0 Å². The fraction of sp³-hybridized carbons (Fsp3) is 0.278. The summed E-state index contributed by atoms with van der Waals surface area (Å²) in [5.41, 5.74) is 2.46. The molecule has 4 rings (SSSR count). The summed E-state index contributed by atoms with van der Waals surface area (Å²) in [6.45, 7) is 1.50. The number of aromatic carboxylic acids is 1. The Bertz CT molecular complexity index is 859. The quantitative estimate of drug-likeness (QED) is 0.781. The maximum atomic E-state index is 11.3. The van der Waals surface area contributed by atoms with Crippen LogP contribution < -0.4 is 0 Å². The average molecular weight is 295 g/mol. The number of nitrogens with zero attached hydrogens (tertiary/aromatic N) is 1. The highest BCUT2D eigenvalue weighted by atomic mass is 16.5. The van der Waals surface area contributed by atoms with Gasteiger partial charge in [-0.15, -0.1) is 0 Å². The first-order valence-electron chi connectivity index (χ1n) is 7.59. The zero-order valence-corrected chi connectivity index (χ0v) is 12.2. The molecule has 2 aromatic carbocycles. The van der Waals surface area contributed by atoms with Gasteiger partial charge < -0.3 is 14.4 Å². The minimum atomic E-state index is -0.890. The molecule has 0 radical (unpaired) electrons. The molecule has 4 heteroatoms. The third-order valence-electron chi connectivity index (χ3n) is 4.46. The van der Waals surface area contributed by atoms with Gasteiger partial charge in [0.25, 0.3) is 0 Å². The number of carbonyl (C=O) groups is 1. The number of para-hydroxylation sites is 1. The molecule has 0 spiro atoms.